The Kier molecular flexibility index (Phi) is 4.25. The highest BCUT2D eigenvalue weighted by Gasteiger charge is 2.29. The maximum atomic E-state index is 5.97. The van der Waals surface area contributed by atoms with Crippen LogP contribution in [0.1, 0.15) is 36.9 Å². The van der Waals surface area contributed by atoms with E-state index in [2.05, 4.69) is 31.3 Å². The number of nitrogens with one attached hydrogen (secondary N) is 1. The Labute approximate surface area is 109 Å². The summed E-state index contributed by atoms with van der Waals surface area (Å²) < 4.78 is 11.3. The second-order valence-electron chi connectivity index (χ2n) is 5.06. The van der Waals surface area contributed by atoms with Crippen molar-refractivity contribution in [3.05, 3.63) is 29.3 Å². The molecule has 2 rings (SSSR count). The van der Waals surface area contributed by atoms with Crippen molar-refractivity contribution >= 4 is 0 Å². The van der Waals surface area contributed by atoms with Crippen molar-refractivity contribution < 1.29 is 9.47 Å². The minimum Gasteiger partial charge on any atom is -0.496 e. The first-order chi connectivity index (χ1) is 8.65. The zero-order valence-electron chi connectivity index (χ0n) is 11.7. The number of benzene rings is 1. The van der Waals surface area contributed by atoms with Gasteiger partial charge in [0.05, 0.1) is 25.4 Å². The zero-order chi connectivity index (χ0) is 13.1. The topological polar surface area (TPSA) is 30.5 Å². The highest BCUT2D eigenvalue weighted by atomic mass is 16.5. The van der Waals surface area contributed by atoms with Crippen LogP contribution < -0.4 is 10.1 Å². The van der Waals surface area contributed by atoms with Gasteiger partial charge < -0.3 is 14.8 Å². The van der Waals surface area contributed by atoms with Crippen LogP contribution in [-0.2, 0) is 4.74 Å². The van der Waals surface area contributed by atoms with E-state index >= 15 is 0 Å². The standard InChI is InChI=1S/C15H23NO2/c1-10-9-12(6-8-13(10)17-4)15(16-3)14-7-5-11(2)18-14/h6,8-9,11,14-16H,5,7H2,1-4H3. The average Bonchev–Trinajstić information content (AvgIpc) is 2.77. The molecule has 1 aliphatic rings. The van der Waals surface area contributed by atoms with E-state index in [1.807, 2.05) is 13.1 Å². The molecule has 1 saturated heterocycles. The number of hydrogen-bond acceptors (Lipinski definition) is 3. The average molecular weight is 249 g/mol. The molecule has 1 aliphatic heterocycles. The van der Waals surface area contributed by atoms with Crippen molar-refractivity contribution in [1.82, 2.24) is 5.32 Å². The van der Waals surface area contributed by atoms with Gasteiger partial charge in [-0.2, -0.15) is 0 Å². The number of aryl methyl sites for hydroxylation is 1. The van der Waals surface area contributed by atoms with Gasteiger partial charge in [0.1, 0.15) is 5.75 Å². The largest absolute Gasteiger partial charge is 0.496 e. The Morgan fingerprint density at radius 3 is 2.67 bits per heavy atom. The van der Waals surface area contributed by atoms with Gasteiger partial charge in [0, 0.05) is 0 Å². The van der Waals surface area contributed by atoms with Crippen molar-refractivity contribution in [2.45, 2.75) is 44.9 Å². The van der Waals surface area contributed by atoms with Crippen LogP contribution >= 0.6 is 0 Å². The minimum absolute atomic E-state index is 0.263. The van der Waals surface area contributed by atoms with E-state index in [4.69, 9.17) is 9.47 Å². The summed E-state index contributed by atoms with van der Waals surface area (Å²) in [6, 6.07) is 6.61. The lowest BCUT2D eigenvalue weighted by Crippen LogP contribution is -2.29. The van der Waals surface area contributed by atoms with Crippen LogP contribution in [0.2, 0.25) is 0 Å². The summed E-state index contributed by atoms with van der Waals surface area (Å²) in [7, 11) is 3.70. The van der Waals surface area contributed by atoms with Crippen LogP contribution in [0.3, 0.4) is 0 Å². The van der Waals surface area contributed by atoms with Crippen LogP contribution in [0.5, 0.6) is 5.75 Å². The van der Waals surface area contributed by atoms with E-state index in [1.165, 1.54) is 11.1 Å². The zero-order valence-corrected chi connectivity index (χ0v) is 11.7. The van der Waals surface area contributed by atoms with Gasteiger partial charge in [0.15, 0.2) is 0 Å². The third kappa shape index (κ3) is 2.68. The third-order valence-electron chi connectivity index (χ3n) is 3.73. The summed E-state index contributed by atoms with van der Waals surface area (Å²) in [5.74, 6) is 0.939. The lowest BCUT2D eigenvalue weighted by atomic mass is 9.97. The van der Waals surface area contributed by atoms with Gasteiger partial charge in [0.2, 0.25) is 0 Å². The molecule has 0 aliphatic carbocycles. The number of likely N-dealkylation sites (N-methyl/N-ethyl adjacent to an activating group) is 1. The van der Waals surface area contributed by atoms with Crippen molar-refractivity contribution in [1.29, 1.82) is 0 Å². The fraction of sp³-hybridized carbons (Fsp3) is 0.600. The molecule has 18 heavy (non-hydrogen) atoms. The van der Waals surface area contributed by atoms with E-state index < -0.39 is 0 Å². The van der Waals surface area contributed by atoms with Crippen LogP contribution in [0.15, 0.2) is 18.2 Å². The SMILES string of the molecule is CNC(c1ccc(OC)c(C)c1)C1CCC(C)O1. The molecule has 0 aromatic heterocycles. The highest BCUT2D eigenvalue weighted by Crippen LogP contribution is 2.31. The van der Waals surface area contributed by atoms with Crippen molar-refractivity contribution in [3.63, 3.8) is 0 Å². The number of hydrogen-bond donors (Lipinski definition) is 1. The fourth-order valence-corrected chi connectivity index (χ4v) is 2.74. The molecular formula is C15H23NO2. The Balaban J connectivity index is 2.19. The Morgan fingerprint density at radius 1 is 1.39 bits per heavy atom. The first-order valence-electron chi connectivity index (χ1n) is 6.63. The smallest absolute Gasteiger partial charge is 0.121 e. The van der Waals surface area contributed by atoms with Gasteiger partial charge in [-0.25, -0.2) is 0 Å². The van der Waals surface area contributed by atoms with E-state index in [0.29, 0.717) is 6.10 Å². The van der Waals surface area contributed by atoms with Gasteiger partial charge in [0.25, 0.3) is 0 Å². The molecule has 1 N–H and O–H groups in total. The second-order valence-corrected chi connectivity index (χ2v) is 5.06. The van der Waals surface area contributed by atoms with Crippen LogP contribution in [-0.4, -0.2) is 26.4 Å². The lowest BCUT2D eigenvalue weighted by Gasteiger charge is -2.24. The van der Waals surface area contributed by atoms with Gasteiger partial charge >= 0.3 is 0 Å². The first kappa shape index (κ1) is 13.4. The van der Waals surface area contributed by atoms with Gasteiger partial charge in [-0.05, 0) is 50.9 Å². The van der Waals surface area contributed by atoms with E-state index in [-0.39, 0.29) is 12.1 Å². The number of ether oxygens (including phenoxy) is 2. The lowest BCUT2D eigenvalue weighted by molar-refractivity contribution is 0.0333. The molecule has 100 valence electrons. The van der Waals surface area contributed by atoms with E-state index in [9.17, 15) is 0 Å². The molecule has 1 aromatic carbocycles. The summed E-state index contributed by atoms with van der Waals surface area (Å²) in [5, 5.41) is 3.38. The molecule has 1 fully saturated rings. The fourth-order valence-electron chi connectivity index (χ4n) is 2.74. The van der Waals surface area contributed by atoms with Crippen molar-refractivity contribution in [2.75, 3.05) is 14.2 Å². The third-order valence-corrected chi connectivity index (χ3v) is 3.73. The maximum Gasteiger partial charge on any atom is 0.121 e. The molecule has 3 nitrogen and oxygen atoms in total. The summed E-state index contributed by atoms with van der Waals surface area (Å²) >= 11 is 0. The molecule has 1 heterocycles. The monoisotopic (exact) mass is 249 g/mol. The summed E-state index contributed by atoms with van der Waals surface area (Å²) in [5.41, 5.74) is 2.44. The van der Waals surface area contributed by atoms with Crippen molar-refractivity contribution in [2.24, 2.45) is 0 Å². The maximum absolute atomic E-state index is 5.97. The van der Waals surface area contributed by atoms with Gasteiger partial charge in [-0.3, -0.25) is 0 Å². The van der Waals surface area contributed by atoms with Crippen LogP contribution in [0.4, 0.5) is 0 Å². The van der Waals surface area contributed by atoms with Crippen LogP contribution in [0, 0.1) is 6.92 Å². The minimum atomic E-state index is 0.263. The Bertz CT molecular complexity index is 405. The number of rotatable bonds is 4. The molecule has 3 atom stereocenters. The van der Waals surface area contributed by atoms with Crippen molar-refractivity contribution in [3.8, 4) is 5.75 Å². The first-order valence-corrected chi connectivity index (χ1v) is 6.63. The highest BCUT2D eigenvalue weighted by molar-refractivity contribution is 5.37. The summed E-state index contributed by atoms with van der Waals surface area (Å²) in [6.45, 7) is 4.22. The van der Waals surface area contributed by atoms with E-state index in [1.54, 1.807) is 7.11 Å². The Morgan fingerprint density at radius 2 is 2.17 bits per heavy atom. The predicted octanol–water partition coefficient (Wildman–Crippen LogP) is 2.83. The molecular weight excluding hydrogens is 226 g/mol. The van der Waals surface area contributed by atoms with Gasteiger partial charge in [-0.15, -0.1) is 0 Å². The molecule has 3 unspecified atom stereocenters. The summed E-state index contributed by atoms with van der Waals surface area (Å²) in [4.78, 5) is 0. The molecule has 0 bridgehead atoms. The van der Waals surface area contributed by atoms with Crippen LogP contribution in [0.25, 0.3) is 0 Å². The molecule has 0 radical (unpaired) electrons. The Hall–Kier alpha value is -1.06. The molecule has 0 saturated carbocycles. The second kappa shape index (κ2) is 5.72. The van der Waals surface area contributed by atoms with Gasteiger partial charge in [-0.1, -0.05) is 12.1 Å². The normalized spacial score (nSPS) is 25.1. The predicted molar refractivity (Wildman–Crippen MR) is 73.1 cm³/mol. The van der Waals surface area contributed by atoms with E-state index in [0.717, 1.165) is 18.6 Å². The summed E-state index contributed by atoms with van der Waals surface area (Å²) in [6.07, 6.45) is 2.93. The molecule has 1 aromatic rings. The molecule has 0 amide bonds. The number of methoxy groups -OCH3 is 1. The molecule has 0 spiro atoms. The molecule has 3 heteroatoms. The quantitative estimate of drug-likeness (QED) is 0.890.